The molecule has 1 aromatic heterocycles. The lowest BCUT2D eigenvalue weighted by atomic mass is 9.96. The van der Waals surface area contributed by atoms with Crippen molar-refractivity contribution in [3.63, 3.8) is 0 Å². The van der Waals surface area contributed by atoms with Crippen LogP contribution in [0.1, 0.15) is 36.6 Å². The summed E-state index contributed by atoms with van der Waals surface area (Å²) in [6.07, 6.45) is 1.78. The van der Waals surface area contributed by atoms with E-state index in [9.17, 15) is 9.59 Å². The van der Waals surface area contributed by atoms with Gasteiger partial charge in [0.25, 0.3) is 5.56 Å². The van der Waals surface area contributed by atoms with Gasteiger partial charge in [-0.3, -0.25) is 9.36 Å². The number of benzene rings is 3. The summed E-state index contributed by atoms with van der Waals surface area (Å²) in [6.45, 7) is 3.81. The predicted molar refractivity (Wildman–Crippen MR) is 166 cm³/mol. The summed E-state index contributed by atoms with van der Waals surface area (Å²) in [5, 5.41) is 0.973. The van der Waals surface area contributed by atoms with Crippen molar-refractivity contribution in [3.8, 4) is 11.5 Å². The molecule has 0 saturated carbocycles. The number of halogens is 3. The van der Waals surface area contributed by atoms with Gasteiger partial charge in [0.2, 0.25) is 0 Å². The standard InChI is InChI=1S/C31H25Cl3N2O5S/c1-4-40-30(38)26-17(2)35-31-36(27(26)19-8-6-5-7-9-19)29(37)25(42-31)13-18-10-11-24(39-3)20(12-18)16-41-28-22(33)14-21(32)15-23(28)34/h5-15,27H,4,16H2,1-3H3/b25-13+/t27-/m0/s1. The summed E-state index contributed by atoms with van der Waals surface area (Å²) in [7, 11) is 1.56. The fraction of sp³-hybridized carbons (Fsp3) is 0.194. The highest BCUT2D eigenvalue weighted by Crippen LogP contribution is 2.37. The van der Waals surface area contributed by atoms with Gasteiger partial charge >= 0.3 is 5.97 Å². The third-order valence-electron chi connectivity index (χ3n) is 6.57. The van der Waals surface area contributed by atoms with Crippen LogP contribution >= 0.6 is 46.1 Å². The Balaban J connectivity index is 1.56. The first kappa shape index (κ1) is 29.9. The number of hydrogen-bond acceptors (Lipinski definition) is 7. The van der Waals surface area contributed by atoms with Gasteiger partial charge in [-0.15, -0.1) is 0 Å². The Morgan fingerprint density at radius 3 is 2.45 bits per heavy atom. The number of hydrogen-bond donors (Lipinski definition) is 0. The molecule has 42 heavy (non-hydrogen) atoms. The molecule has 1 atom stereocenters. The highest BCUT2D eigenvalue weighted by Gasteiger charge is 2.33. The van der Waals surface area contributed by atoms with Crippen LogP contribution in [-0.4, -0.2) is 24.3 Å². The van der Waals surface area contributed by atoms with Gasteiger partial charge in [0.05, 0.1) is 45.6 Å². The number of thiazole rings is 1. The third-order valence-corrected chi connectivity index (χ3v) is 8.33. The van der Waals surface area contributed by atoms with Crippen molar-refractivity contribution in [1.29, 1.82) is 0 Å². The zero-order valence-corrected chi connectivity index (χ0v) is 25.9. The van der Waals surface area contributed by atoms with Gasteiger partial charge in [-0.1, -0.05) is 82.5 Å². The number of nitrogens with zero attached hydrogens (tertiary/aromatic N) is 2. The molecule has 0 fully saturated rings. The van der Waals surface area contributed by atoms with Gasteiger partial charge < -0.3 is 14.2 Å². The first-order valence-electron chi connectivity index (χ1n) is 12.9. The number of rotatable bonds is 8. The summed E-state index contributed by atoms with van der Waals surface area (Å²) in [4.78, 5) is 32.0. The zero-order valence-electron chi connectivity index (χ0n) is 22.8. The Bertz CT molecular complexity index is 1860. The molecule has 1 aliphatic rings. The predicted octanol–water partition coefficient (Wildman–Crippen LogP) is 6.35. The topological polar surface area (TPSA) is 79.1 Å². The van der Waals surface area contributed by atoms with E-state index < -0.39 is 12.0 Å². The molecule has 5 rings (SSSR count). The summed E-state index contributed by atoms with van der Waals surface area (Å²) < 4.78 is 18.8. The quantitative estimate of drug-likeness (QED) is 0.209. The molecule has 0 saturated heterocycles. The number of aromatic nitrogens is 1. The van der Waals surface area contributed by atoms with Crippen LogP contribution in [0.25, 0.3) is 6.08 Å². The summed E-state index contributed by atoms with van der Waals surface area (Å²) >= 11 is 19.8. The van der Waals surface area contributed by atoms with E-state index in [1.54, 1.807) is 49.8 Å². The maximum Gasteiger partial charge on any atom is 0.338 e. The lowest BCUT2D eigenvalue weighted by molar-refractivity contribution is -0.139. The Kier molecular flexibility index (Phi) is 9.08. The van der Waals surface area contributed by atoms with E-state index in [-0.39, 0.29) is 28.8 Å². The second-order valence-corrected chi connectivity index (χ2v) is 11.5. The Morgan fingerprint density at radius 1 is 1.07 bits per heavy atom. The van der Waals surface area contributed by atoms with Crippen LogP contribution in [0.4, 0.5) is 0 Å². The number of esters is 1. The van der Waals surface area contributed by atoms with Crippen LogP contribution in [0, 0.1) is 0 Å². The zero-order chi connectivity index (χ0) is 30.0. The monoisotopic (exact) mass is 642 g/mol. The average Bonchev–Trinajstić information content (AvgIpc) is 3.26. The van der Waals surface area contributed by atoms with Crippen LogP contribution in [0.2, 0.25) is 15.1 Å². The maximum absolute atomic E-state index is 13.9. The van der Waals surface area contributed by atoms with Crippen molar-refractivity contribution in [1.82, 2.24) is 4.57 Å². The van der Waals surface area contributed by atoms with E-state index in [0.717, 1.165) is 11.1 Å². The Labute approximate surface area is 260 Å². The molecular weight excluding hydrogens is 619 g/mol. The first-order valence-corrected chi connectivity index (χ1v) is 14.9. The normalized spacial score (nSPS) is 14.8. The lowest BCUT2D eigenvalue weighted by Gasteiger charge is -2.24. The van der Waals surface area contributed by atoms with Crippen molar-refractivity contribution >= 4 is 58.2 Å². The molecule has 2 heterocycles. The van der Waals surface area contributed by atoms with Crippen LogP contribution < -0.4 is 24.4 Å². The minimum Gasteiger partial charge on any atom is -0.496 e. The van der Waals surface area contributed by atoms with E-state index in [1.807, 2.05) is 42.5 Å². The molecule has 0 unspecified atom stereocenters. The molecule has 4 aromatic rings. The molecule has 0 N–H and O–H groups in total. The van der Waals surface area contributed by atoms with E-state index in [1.165, 1.54) is 11.3 Å². The Hall–Kier alpha value is -3.56. The van der Waals surface area contributed by atoms with Crippen molar-refractivity contribution in [3.05, 3.63) is 123 Å². The number of carbonyl (C=O) groups is 1. The minimum absolute atomic E-state index is 0.100. The molecule has 216 valence electrons. The van der Waals surface area contributed by atoms with Gasteiger partial charge in [-0.2, -0.15) is 0 Å². The molecule has 0 bridgehead atoms. The summed E-state index contributed by atoms with van der Waals surface area (Å²) in [6, 6.07) is 17.3. The first-order chi connectivity index (χ1) is 20.2. The van der Waals surface area contributed by atoms with Crippen LogP contribution in [0.3, 0.4) is 0 Å². The van der Waals surface area contributed by atoms with E-state index in [0.29, 0.717) is 42.7 Å². The van der Waals surface area contributed by atoms with Gasteiger partial charge in [0.1, 0.15) is 12.4 Å². The van der Waals surface area contributed by atoms with E-state index >= 15 is 0 Å². The molecular formula is C31H25Cl3N2O5S. The molecule has 0 aliphatic carbocycles. The summed E-state index contributed by atoms with van der Waals surface area (Å²) in [5.74, 6) is 0.397. The number of ether oxygens (including phenoxy) is 3. The molecule has 7 nitrogen and oxygen atoms in total. The van der Waals surface area contributed by atoms with Gasteiger partial charge in [0.15, 0.2) is 10.6 Å². The van der Waals surface area contributed by atoms with E-state index in [4.69, 9.17) is 49.0 Å². The largest absolute Gasteiger partial charge is 0.496 e. The van der Waals surface area contributed by atoms with Crippen molar-refractivity contribution in [2.75, 3.05) is 13.7 Å². The molecule has 0 spiro atoms. The van der Waals surface area contributed by atoms with Crippen LogP contribution in [0.15, 0.2) is 81.7 Å². The SMILES string of the molecule is CCOC(=O)C1=C(C)N=c2s/c(=C/c3ccc(OC)c(COc4c(Cl)cc(Cl)cc4Cl)c3)c(=O)n2[C@H]1c1ccccc1. The number of fused-ring (bicyclic) bond motifs is 1. The van der Waals surface area contributed by atoms with Gasteiger partial charge in [-0.25, -0.2) is 9.79 Å². The van der Waals surface area contributed by atoms with Crippen molar-refractivity contribution in [2.24, 2.45) is 4.99 Å². The number of allylic oxidation sites excluding steroid dienone is 1. The molecule has 0 amide bonds. The molecule has 3 aromatic carbocycles. The second kappa shape index (κ2) is 12.8. The second-order valence-electron chi connectivity index (χ2n) is 9.27. The third kappa shape index (κ3) is 5.99. The van der Waals surface area contributed by atoms with Crippen LogP contribution in [-0.2, 0) is 16.1 Å². The van der Waals surface area contributed by atoms with Crippen molar-refractivity contribution in [2.45, 2.75) is 26.5 Å². The molecule has 1 aliphatic heterocycles. The minimum atomic E-state index is -0.669. The summed E-state index contributed by atoms with van der Waals surface area (Å²) in [5.41, 5.74) is 2.82. The molecule has 11 heteroatoms. The van der Waals surface area contributed by atoms with Crippen LogP contribution in [0.5, 0.6) is 11.5 Å². The fourth-order valence-electron chi connectivity index (χ4n) is 4.71. The van der Waals surface area contributed by atoms with Gasteiger partial charge in [0, 0.05) is 10.6 Å². The smallest absolute Gasteiger partial charge is 0.338 e. The van der Waals surface area contributed by atoms with E-state index in [2.05, 4.69) is 4.99 Å². The highest BCUT2D eigenvalue weighted by atomic mass is 35.5. The fourth-order valence-corrected chi connectivity index (χ4v) is 6.68. The number of carbonyl (C=O) groups excluding carboxylic acids is 1. The van der Waals surface area contributed by atoms with Gasteiger partial charge in [-0.05, 0) is 55.3 Å². The average molecular weight is 644 g/mol. The Morgan fingerprint density at radius 2 is 1.79 bits per heavy atom. The van der Waals surface area contributed by atoms with Crippen molar-refractivity contribution < 1.29 is 19.0 Å². The molecule has 0 radical (unpaired) electrons. The highest BCUT2D eigenvalue weighted by molar-refractivity contribution is 7.07. The lowest BCUT2D eigenvalue weighted by Crippen LogP contribution is -2.39. The maximum atomic E-state index is 13.9. The number of methoxy groups -OCH3 is 1.